The van der Waals surface area contributed by atoms with Crippen LogP contribution in [0.25, 0.3) is 0 Å². The normalized spacial score (nSPS) is 20.0. The molecule has 4 nitrogen and oxygen atoms in total. The Labute approximate surface area is 112 Å². The van der Waals surface area contributed by atoms with Crippen molar-refractivity contribution in [1.82, 2.24) is 4.90 Å². The van der Waals surface area contributed by atoms with E-state index < -0.39 is 15.5 Å². The van der Waals surface area contributed by atoms with E-state index in [0.29, 0.717) is 13.0 Å². The molecule has 1 aromatic carbocycles. The Bertz CT molecular complexity index is 585. The third kappa shape index (κ3) is 3.53. The number of nitrogens with zero attached hydrogens (tertiary/aromatic N) is 1. The summed E-state index contributed by atoms with van der Waals surface area (Å²) in [5, 5.41) is -1.20. The van der Waals surface area contributed by atoms with Crippen molar-refractivity contribution in [3.63, 3.8) is 0 Å². The Balaban J connectivity index is 1.96. The molecule has 0 radical (unpaired) electrons. The second kappa shape index (κ2) is 5.28. The van der Waals surface area contributed by atoms with Crippen LogP contribution in [0.3, 0.4) is 0 Å². The molecule has 1 unspecified atom stereocenters. The standard InChI is InChI=1S/C13H16FNO3S/c1-10-3-2-4-11(7-10)5-6-15-9-12(8-13(15)16)19(14,17)18/h2-4,7,12H,5-6,8-9H2,1H3. The number of carbonyl (C=O) groups excluding carboxylic acids is 1. The first-order valence-corrected chi connectivity index (χ1v) is 7.58. The third-order valence-corrected chi connectivity index (χ3v) is 4.44. The van der Waals surface area contributed by atoms with Crippen molar-refractivity contribution in [2.75, 3.05) is 13.1 Å². The molecule has 0 spiro atoms. The van der Waals surface area contributed by atoms with Gasteiger partial charge in [0, 0.05) is 19.5 Å². The topological polar surface area (TPSA) is 54.5 Å². The molecule has 1 atom stereocenters. The molecule has 1 fully saturated rings. The molecule has 0 saturated carbocycles. The van der Waals surface area contributed by atoms with Gasteiger partial charge in [-0.25, -0.2) is 0 Å². The lowest BCUT2D eigenvalue weighted by molar-refractivity contribution is -0.127. The molecule has 2 rings (SSSR count). The summed E-state index contributed by atoms with van der Waals surface area (Å²) in [6, 6.07) is 7.89. The van der Waals surface area contributed by atoms with Crippen LogP contribution in [0.5, 0.6) is 0 Å². The maximum Gasteiger partial charge on any atom is 0.307 e. The van der Waals surface area contributed by atoms with Crippen LogP contribution in [0.15, 0.2) is 24.3 Å². The molecular formula is C13H16FNO3S. The van der Waals surface area contributed by atoms with Crippen molar-refractivity contribution in [2.45, 2.75) is 25.0 Å². The molecule has 19 heavy (non-hydrogen) atoms. The highest BCUT2D eigenvalue weighted by Gasteiger charge is 2.37. The molecule has 1 amide bonds. The average Bonchev–Trinajstić information content (AvgIpc) is 2.68. The Hall–Kier alpha value is -1.43. The first-order valence-electron chi connectivity index (χ1n) is 6.13. The zero-order valence-corrected chi connectivity index (χ0v) is 11.5. The molecule has 104 valence electrons. The summed E-state index contributed by atoms with van der Waals surface area (Å²) in [5.41, 5.74) is 2.22. The number of amides is 1. The SMILES string of the molecule is Cc1cccc(CCN2CC(S(=O)(=O)F)CC2=O)c1. The van der Waals surface area contributed by atoms with Crippen LogP contribution < -0.4 is 0 Å². The monoisotopic (exact) mass is 285 g/mol. The Morgan fingerprint density at radius 2 is 2.16 bits per heavy atom. The molecular weight excluding hydrogens is 269 g/mol. The maximum atomic E-state index is 12.9. The molecule has 6 heteroatoms. The van der Waals surface area contributed by atoms with E-state index >= 15 is 0 Å². The van der Waals surface area contributed by atoms with Gasteiger partial charge in [-0.3, -0.25) is 4.79 Å². The number of benzene rings is 1. The van der Waals surface area contributed by atoms with Gasteiger partial charge in [-0.05, 0) is 18.9 Å². The summed E-state index contributed by atoms with van der Waals surface area (Å²) in [4.78, 5) is 13.0. The van der Waals surface area contributed by atoms with Crippen LogP contribution in [0.2, 0.25) is 0 Å². The lowest BCUT2D eigenvalue weighted by Gasteiger charge is -2.15. The quantitative estimate of drug-likeness (QED) is 0.787. The molecule has 1 aromatic rings. The van der Waals surface area contributed by atoms with Crippen molar-refractivity contribution in [3.8, 4) is 0 Å². The molecule has 1 heterocycles. The third-order valence-electron chi connectivity index (χ3n) is 3.33. The fourth-order valence-electron chi connectivity index (χ4n) is 2.27. The molecule has 0 N–H and O–H groups in total. The molecule has 1 aliphatic heterocycles. The van der Waals surface area contributed by atoms with Crippen molar-refractivity contribution < 1.29 is 17.1 Å². The minimum absolute atomic E-state index is 0.0382. The zero-order chi connectivity index (χ0) is 14.0. The summed E-state index contributed by atoms with van der Waals surface area (Å²) in [5.74, 6) is -0.293. The van der Waals surface area contributed by atoms with Crippen LogP contribution in [0.4, 0.5) is 3.89 Å². The highest BCUT2D eigenvalue weighted by molar-refractivity contribution is 7.87. The molecule has 1 saturated heterocycles. The molecule has 0 aliphatic carbocycles. The van der Waals surface area contributed by atoms with Gasteiger partial charge in [0.2, 0.25) is 5.91 Å². The number of rotatable bonds is 4. The van der Waals surface area contributed by atoms with Crippen LogP contribution in [-0.2, 0) is 21.4 Å². The Kier molecular flexibility index (Phi) is 3.89. The lowest BCUT2D eigenvalue weighted by atomic mass is 10.1. The summed E-state index contributed by atoms with van der Waals surface area (Å²) in [7, 11) is -4.62. The van der Waals surface area contributed by atoms with Gasteiger partial charge in [-0.2, -0.15) is 8.42 Å². The highest BCUT2D eigenvalue weighted by atomic mass is 32.3. The number of carbonyl (C=O) groups is 1. The lowest BCUT2D eigenvalue weighted by Crippen LogP contribution is -2.29. The van der Waals surface area contributed by atoms with E-state index in [1.807, 2.05) is 31.2 Å². The summed E-state index contributed by atoms with van der Waals surface area (Å²) >= 11 is 0. The largest absolute Gasteiger partial charge is 0.341 e. The van der Waals surface area contributed by atoms with E-state index in [-0.39, 0.29) is 18.9 Å². The van der Waals surface area contributed by atoms with E-state index in [4.69, 9.17) is 0 Å². The zero-order valence-electron chi connectivity index (χ0n) is 10.7. The molecule has 0 aromatic heterocycles. The van der Waals surface area contributed by atoms with E-state index in [9.17, 15) is 17.1 Å². The average molecular weight is 285 g/mol. The van der Waals surface area contributed by atoms with Crippen LogP contribution in [0, 0.1) is 6.92 Å². The molecule has 0 bridgehead atoms. The number of halogens is 1. The van der Waals surface area contributed by atoms with Gasteiger partial charge in [-0.1, -0.05) is 29.8 Å². The summed E-state index contributed by atoms with van der Waals surface area (Å²) < 4.78 is 34.4. The highest BCUT2D eigenvalue weighted by Crippen LogP contribution is 2.20. The molecule has 1 aliphatic rings. The maximum absolute atomic E-state index is 12.9. The first kappa shape index (κ1) is 14.0. The summed E-state index contributed by atoms with van der Waals surface area (Å²) in [6.45, 7) is 2.37. The Morgan fingerprint density at radius 3 is 2.74 bits per heavy atom. The fraction of sp³-hybridized carbons (Fsp3) is 0.462. The van der Waals surface area contributed by atoms with Crippen molar-refractivity contribution in [1.29, 1.82) is 0 Å². The van der Waals surface area contributed by atoms with Gasteiger partial charge in [0.1, 0.15) is 5.25 Å². The number of aryl methyl sites for hydroxylation is 1. The minimum Gasteiger partial charge on any atom is -0.341 e. The van der Waals surface area contributed by atoms with Crippen LogP contribution in [0.1, 0.15) is 17.5 Å². The van der Waals surface area contributed by atoms with Crippen LogP contribution >= 0.6 is 0 Å². The van der Waals surface area contributed by atoms with Crippen molar-refractivity contribution >= 4 is 16.1 Å². The van der Waals surface area contributed by atoms with E-state index in [0.717, 1.165) is 11.1 Å². The minimum atomic E-state index is -4.62. The van der Waals surface area contributed by atoms with E-state index in [1.54, 1.807) is 0 Å². The smallest absolute Gasteiger partial charge is 0.307 e. The van der Waals surface area contributed by atoms with Gasteiger partial charge in [0.15, 0.2) is 0 Å². The Morgan fingerprint density at radius 1 is 1.42 bits per heavy atom. The van der Waals surface area contributed by atoms with Gasteiger partial charge in [0.05, 0.1) is 0 Å². The van der Waals surface area contributed by atoms with Gasteiger partial charge in [-0.15, -0.1) is 3.89 Å². The van der Waals surface area contributed by atoms with E-state index in [2.05, 4.69) is 0 Å². The van der Waals surface area contributed by atoms with Crippen molar-refractivity contribution in [2.24, 2.45) is 0 Å². The predicted molar refractivity (Wildman–Crippen MR) is 69.9 cm³/mol. The van der Waals surface area contributed by atoms with Crippen molar-refractivity contribution in [3.05, 3.63) is 35.4 Å². The van der Waals surface area contributed by atoms with E-state index in [1.165, 1.54) is 4.90 Å². The van der Waals surface area contributed by atoms with Gasteiger partial charge < -0.3 is 4.90 Å². The first-order chi connectivity index (χ1) is 8.86. The number of likely N-dealkylation sites (tertiary alicyclic amines) is 1. The van der Waals surface area contributed by atoms with Gasteiger partial charge >= 0.3 is 10.2 Å². The van der Waals surface area contributed by atoms with Gasteiger partial charge in [0.25, 0.3) is 0 Å². The van der Waals surface area contributed by atoms with Crippen LogP contribution in [-0.4, -0.2) is 37.6 Å². The number of hydrogen-bond acceptors (Lipinski definition) is 3. The predicted octanol–water partition coefficient (Wildman–Crippen LogP) is 1.44. The number of hydrogen-bond donors (Lipinski definition) is 0. The fourth-order valence-corrected chi connectivity index (χ4v) is 2.97. The summed E-state index contributed by atoms with van der Waals surface area (Å²) in [6.07, 6.45) is 0.402. The second-order valence-corrected chi connectivity index (χ2v) is 6.50. The second-order valence-electron chi connectivity index (χ2n) is 4.88.